The Balaban J connectivity index is 1.69. The van der Waals surface area contributed by atoms with E-state index in [0.29, 0.717) is 19.6 Å². The Kier molecular flexibility index (Phi) is 4.95. The summed E-state index contributed by atoms with van der Waals surface area (Å²) in [7, 11) is 1.93. The van der Waals surface area contributed by atoms with Gasteiger partial charge >= 0.3 is 0 Å². The van der Waals surface area contributed by atoms with Gasteiger partial charge in [0.25, 0.3) is 0 Å². The van der Waals surface area contributed by atoms with E-state index in [9.17, 15) is 4.79 Å². The lowest BCUT2D eigenvalue weighted by atomic mass is 9.97. The van der Waals surface area contributed by atoms with E-state index in [1.54, 1.807) is 0 Å². The molecule has 1 aliphatic rings. The van der Waals surface area contributed by atoms with Crippen molar-refractivity contribution in [3.63, 3.8) is 0 Å². The summed E-state index contributed by atoms with van der Waals surface area (Å²) < 4.78 is 7.89. The average Bonchev–Trinajstić information content (AvgIpc) is 2.92. The minimum absolute atomic E-state index is 0.0571. The van der Waals surface area contributed by atoms with Gasteiger partial charge in [0.05, 0.1) is 24.9 Å². The van der Waals surface area contributed by atoms with E-state index in [1.807, 2.05) is 47.9 Å². The monoisotopic (exact) mass is 341 g/mol. The van der Waals surface area contributed by atoms with Gasteiger partial charge in [0.15, 0.2) is 0 Å². The van der Waals surface area contributed by atoms with Crippen LogP contribution in [0.3, 0.4) is 0 Å². The molecular formula is C20H27N3O2. The lowest BCUT2D eigenvalue weighted by molar-refractivity contribution is -0.154. The standard InChI is InChI=1S/C20H27N3O2/c1-15-17(12-21-22(15)4)10-11-19(24)23-13-18(25-14-20(23,2)3)16-8-6-5-7-9-16/h5-9,12,18H,10-11,13-14H2,1-4H3/t18-/m1/s1. The minimum Gasteiger partial charge on any atom is -0.369 e. The number of carbonyl (C=O) groups excluding carboxylic acids is 1. The Labute approximate surface area is 149 Å². The van der Waals surface area contributed by atoms with Gasteiger partial charge in [0.2, 0.25) is 5.91 Å². The Morgan fingerprint density at radius 1 is 1.32 bits per heavy atom. The second kappa shape index (κ2) is 7.00. The molecule has 3 rings (SSSR count). The molecule has 0 saturated carbocycles. The van der Waals surface area contributed by atoms with E-state index in [-0.39, 0.29) is 17.6 Å². The second-order valence-electron chi connectivity index (χ2n) is 7.41. The van der Waals surface area contributed by atoms with Gasteiger partial charge in [-0.2, -0.15) is 5.10 Å². The van der Waals surface area contributed by atoms with Crippen LogP contribution >= 0.6 is 0 Å². The highest BCUT2D eigenvalue weighted by Crippen LogP contribution is 2.31. The summed E-state index contributed by atoms with van der Waals surface area (Å²) in [6.45, 7) is 7.33. The van der Waals surface area contributed by atoms with Crippen LogP contribution in [0.1, 0.15) is 43.2 Å². The van der Waals surface area contributed by atoms with Gasteiger partial charge in [-0.1, -0.05) is 30.3 Å². The van der Waals surface area contributed by atoms with Crippen molar-refractivity contribution in [3.8, 4) is 0 Å². The molecule has 1 aromatic carbocycles. The first-order valence-corrected chi connectivity index (χ1v) is 8.83. The maximum Gasteiger partial charge on any atom is 0.223 e. The number of carbonyl (C=O) groups is 1. The zero-order valence-corrected chi connectivity index (χ0v) is 15.5. The van der Waals surface area contributed by atoms with Gasteiger partial charge in [-0.3, -0.25) is 9.48 Å². The molecule has 0 aliphatic carbocycles. The number of hydrogen-bond donors (Lipinski definition) is 0. The molecule has 25 heavy (non-hydrogen) atoms. The van der Waals surface area contributed by atoms with Gasteiger partial charge in [-0.25, -0.2) is 0 Å². The molecule has 1 fully saturated rings. The molecule has 1 aromatic heterocycles. The van der Waals surface area contributed by atoms with Gasteiger partial charge in [-0.05, 0) is 38.3 Å². The van der Waals surface area contributed by atoms with Crippen molar-refractivity contribution in [2.75, 3.05) is 13.2 Å². The average molecular weight is 341 g/mol. The van der Waals surface area contributed by atoms with Crippen LogP contribution < -0.4 is 0 Å². The molecule has 2 aromatic rings. The highest BCUT2D eigenvalue weighted by molar-refractivity contribution is 5.77. The van der Waals surface area contributed by atoms with Crippen molar-refractivity contribution in [2.45, 2.75) is 45.3 Å². The molecule has 0 N–H and O–H groups in total. The first-order chi connectivity index (χ1) is 11.9. The van der Waals surface area contributed by atoms with Crippen LogP contribution in [0.4, 0.5) is 0 Å². The van der Waals surface area contributed by atoms with Crippen LogP contribution in [0, 0.1) is 6.92 Å². The van der Waals surface area contributed by atoms with E-state index in [1.165, 1.54) is 0 Å². The molecule has 1 aliphatic heterocycles. The zero-order chi connectivity index (χ0) is 18.0. The Morgan fingerprint density at radius 3 is 2.68 bits per heavy atom. The summed E-state index contributed by atoms with van der Waals surface area (Å²) in [4.78, 5) is 14.9. The molecule has 0 bridgehead atoms. The van der Waals surface area contributed by atoms with Crippen molar-refractivity contribution in [1.82, 2.24) is 14.7 Å². The Morgan fingerprint density at radius 2 is 2.04 bits per heavy atom. The summed E-state index contributed by atoms with van der Waals surface area (Å²) in [5.41, 5.74) is 3.10. The van der Waals surface area contributed by atoms with Crippen LogP contribution in [0.2, 0.25) is 0 Å². The molecule has 5 nitrogen and oxygen atoms in total. The zero-order valence-electron chi connectivity index (χ0n) is 15.5. The van der Waals surface area contributed by atoms with Gasteiger partial charge in [0.1, 0.15) is 6.10 Å². The van der Waals surface area contributed by atoms with E-state index in [0.717, 1.165) is 23.2 Å². The maximum absolute atomic E-state index is 12.9. The number of amides is 1. The van der Waals surface area contributed by atoms with Crippen molar-refractivity contribution in [3.05, 3.63) is 53.3 Å². The topological polar surface area (TPSA) is 47.4 Å². The quantitative estimate of drug-likeness (QED) is 0.859. The highest BCUT2D eigenvalue weighted by atomic mass is 16.5. The number of benzene rings is 1. The fourth-order valence-electron chi connectivity index (χ4n) is 3.32. The fraction of sp³-hybridized carbons (Fsp3) is 0.500. The number of ether oxygens (including phenoxy) is 1. The van der Waals surface area contributed by atoms with E-state index in [2.05, 4.69) is 31.1 Å². The number of nitrogens with zero attached hydrogens (tertiary/aromatic N) is 3. The number of aryl methyl sites for hydroxylation is 2. The van der Waals surface area contributed by atoms with Crippen molar-refractivity contribution < 1.29 is 9.53 Å². The van der Waals surface area contributed by atoms with Crippen LogP contribution in [-0.4, -0.2) is 39.3 Å². The summed E-state index contributed by atoms with van der Waals surface area (Å²) >= 11 is 0. The number of hydrogen-bond acceptors (Lipinski definition) is 3. The first-order valence-electron chi connectivity index (χ1n) is 8.83. The molecule has 0 unspecified atom stereocenters. The van der Waals surface area contributed by atoms with E-state index < -0.39 is 0 Å². The van der Waals surface area contributed by atoms with Crippen molar-refractivity contribution in [1.29, 1.82) is 0 Å². The van der Waals surface area contributed by atoms with Crippen LogP contribution in [-0.2, 0) is 23.0 Å². The third-order valence-electron chi connectivity index (χ3n) is 5.13. The number of aromatic nitrogens is 2. The lowest BCUT2D eigenvalue weighted by Crippen LogP contribution is -2.56. The largest absolute Gasteiger partial charge is 0.369 e. The second-order valence-corrected chi connectivity index (χ2v) is 7.41. The molecule has 2 heterocycles. The Bertz CT molecular complexity index is 737. The van der Waals surface area contributed by atoms with Crippen LogP contribution in [0.25, 0.3) is 0 Å². The maximum atomic E-state index is 12.9. The minimum atomic E-state index is -0.285. The number of rotatable bonds is 4. The SMILES string of the molecule is Cc1c(CCC(=O)N2C[C@H](c3ccccc3)OCC2(C)C)cnn1C. The fourth-order valence-corrected chi connectivity index (χ4v) is 3.32. The third kappa shape index (κ3) is 3.76. The molecular weight excluding hydrogens is 314 g/mol. The summed E-state index contributed by atoms with van der Waals surface area (Å²) in [6, 6.07) is 10.1. The molecule has 1 amide bonds. The highest BCUT2D eigenvalue weighted by Gasteiger charge is 2.38. The molecule has 0 spiro atoms. The molecule has 0 radical (unpaired) electrons. The molecule has 1 atom stereocenters. The Hall–Kier alpha value is -2.14. The predicted molar refractivity (Wildman–Crippen MR) is 97.2 cm³/mol. The van der Waals surface area contributed by atoms with Crippen molar-refractivity contribution in [2.24, 2.45) is 7.05 Å². The normalized spacial score (nSPS) is 19.8. The molecule has 5 heteroatoms. The van der Waals surface area contributed by atoms with Crippen LogP contribution in [0.15, 0.2) is 36.5 Å². The number of morpholine rings is 1. The van der Waals surface area contributed by atoms with E-state index in [4.69, 9.17) is 4.74 Å². The van der Waals surface area contributed by atoms with Crippen molar-refractivity contribution >= 4 is 5.91 Å². The summed E-state index contributed by atoms with van der Waals surface area (Å²) in [6.07, 6.45) is 3.03. The van der Waals surface area contributed by atoms with Gasteiger partial charge in [-0.15, -0.1) is 0 Å². The predicted octanol–water partition coefficient (Wildman–Crippen LogP) is 3.04. The lowest BCUT2D eigenvalue weighted by Gasteiger charge is -2.45. The first kappa shape index (κ1) is 17.7. The summed E-state index contributed by atoms with van der Waals surface area (Å²) in [5, 5.41) is 4.26. The van der Waals surface area contributed by atoms with E-state index >= 15 is 0 Å². The molecule has 1 saturated heterocycles. The molecule has 134 valence electrons. The van der Waals surface area contributed by atoms with Gasteiger partial charge in [0, 0.05) is 19.2 Å². The summed E-state index contributed by atoms with van der Waals surface area (Å²) in [5.74, 6) is 0.178. The third-order valence-corrected chi connectivity index (χ3v) is 5.13. The smallest absolute Gasteiger partial charge is 0.223 e. The van der Waals surface area contributed by atoms with Crippen LogP contribution in [0.5, 0.6) is 0 Å². The van der Waals surface area contributed by atoms with Gasteiger partial charge < -0.3 is 9.64 Å².